The first-order valence-corrected chi connectivity index (χ1v) is 9.99. The number of aromatic nitrogens is 1. The van der Waals surface area contributed by atoms with Crippen LogP contribution >= 0.6 is 0 Å². The molecule has 0 spiro atoms. The molecule has 3 aromatic rings. The Hall–Kier alpha value is -3.00. The molecule has 0 radical (unpaired) electrons. The van der Waals surface area contributed by atoms with Gasteiger partial charge in [0.25, 0.3) is 0 Å². The Kier molecular flexibility index (Phi) is 5.21. The normalized spacial score (nSPS) is 14.7. The van der Waals surface area contributed by atoms with E-state index in [9.17, 15) is 10.1 Å². The molecule has 1 fully saturated rings. The summed E-state index contributed by atoms with van der Waals surface area (Å²) in [5.74, 6) is 0.668. The van der Waals surface area contributed by atoms with E-state index in [1.165, 1.54) is 0 Å². The van der Waals surface area contributed by atoms with Gasteiger partial charge in [0.15, 0.2) is 6.10 Å². The van der Waals surface area contributed by atoms with Crippen LogP contribution < -0.4 is 4.74 Å². The van der Waals surface area contributed by atoms with Crippen LogP contribution in [-0.2, 0) is 4.74 Å². The number of fused-ring (bicyclic) bond motifs is 3. The van der Waals surface area contributed by atoms with Crippen molar-refractivity contribution < 1.29 is 14.3 Å². The van der Waals surface area contributed by atoms with Gasteiger partial charge in [-0.3, -0.25) is 0 Å². The average Bonchev–Trinajstić information content (AvgIpc) is 3.51. The number of benzene rings is 1. The number of rotatable bonds is 8. The Morgan fingerprint density at radius 2 is 2.04 bits per heavy atom. The van der Waals surface area contributed by atoms with Crippen molar-refractivity contribution in [2.24, 2.45) is 5.92 Å². The van der Waals surface area contributed by atoms with Crippen LogP contribution in [0, 0.1) is 17.2 Å². The largest absolute Gasteiger partial charge is 0.474 e. The lowest BCUT2D eigenvalue weighted by molar-refractivity contribution is 0.0502. The van der Waals surface area contributed by atoms with Crippen molar-refractivity contribution in [2.75, 3.05) is 6.61 Å². The number of unbranched alkanes of at least 4 members (excludes halogenated alkanes) is 2. The maximum atomic E-state index is 12.8. The third kappa shape index (κ3) is 3.55. The van der Waals surface area contributed by atoms with Gasteiger partial charge in [0, 0.05) is 11.3 Å². The first kappa shape index (κ1) is 18.4. The molecule has 28 heavy (non-hydrogen) atoms. The second kappa shape index (κ2) is 7.93. The van der Waals surface area contributed by atoms with E-state index in [1.807, 2.05) is 47.0 Å². The molecule has 2 heterocycles. The minimum absolute atomic E-state index is 0.295. The Bertz CT molecular complexity index is 1040. The fourth-order valence-corrected chi connectivity index (χ4v) is 3.56. The molecule has 1 unspecified atom stereocenters. The Balaban J connectivity index is 1.69. The molecule has 2 aromatic heterocycles. The number of nitrogens with zero attached hydrogens (tertiary/aromatic N) is 2. The first-order valence-electron chi connectivity index (χ1n) is 9.99. The zero-order valence-corrected chi connectivity index (χ0v) is 16.1. The molecule has 0 amide bonds. The van der Waals surface area contributed by atoms with Gasteiger partial charge < -0.3 is 13.9 Å². The summed E-state index contributed by atoms with van der Waals surface area (Å²) in [5, 5.41) is 10.2. The molecule has 5 nitrogen and oxygen atoms in total. The fourth-order valence-electron chi connectivity index (χ4n) is 3.56. The van der Waals surface area contributed by atoms with Crippen LogP contribution in [-0.4, -0.2) is 23.1 Å². The molecule has 1 aliphatic carbocycles. The molecule has 4 rings (SSSR count). The maximum Gasteiger partial charge on any atom is 0.340 e. The van der Waals surface area contributed by atoms with Crippen LogP contribution in [0.1, 0.15) is 49.4 Å². The van der Waals surface area contributed by atoms with Crippen molar-refractivity contribution in [3.05, 3.63) is 48.2 Å². The predicted octanol–water partition coefficient (Wildman–Crippen LogP) is 5.12. The van der Waals surface area contributed by atoms with Gasteiger partial charge in [-0.1, -0.05) is 38.0 Å². The van der Waals surface area contributed by atoms with E-state index in [2.05, 4.69) is 13.0 Å². The number of ether oxygens (including phenoxy) is 2. The third-order valence-corrected chi connectivity index (χ3v) is 5.24. The number of para-hydroxylation sites is 1. The number of pyridine rings is 1. The molecule has 0 saturated heterocycles. The van der Waals surface area contributed by atoms with Crippen molar-refractivity contribution in [2.45, 2.75) is 45.1 Å². The highest BCUT2D eigenvalue weighted by Crippen LogP contribution is 2.35. The zero-order valence-electron chi connectivity index (χ0n) is 16.1. The highest BCUT2D eigenvalue weighted by atomic mass is 16.5. The van der Waals surface area contributed by atoms with Crippen molar-refractivity contribution in [1.82, 2.24) is 4.40 Å². The van der Waals surface area contributed by atoms with Gasteiger partial charge in [0.1, 0.15) is 11.8 Å². The molecular weight excluding hydrogens is 352 g/mol. The first-order chi connectivity index (χ1) is 13.7. The summed E-state index contributed by atoms with van der Waals surface area (Å²) in [4.78, 5) is 12.8. The standard InChI is InChI=1S/C23H24N2O3/c1-2-3-6-13-27-23(26)22-18-7-4-5-8-19(18)25-15-17(11-12-20(22)25)28-21(14-24)16-9-10-16/h4-5,7-8,11-12,15-16,21H,2-3,6,9-10,13H2,1H3. The van der Waals surface area contributed by atoms with Gasteiger partial charge >= 0.3 is 5.97 Å². The van der Waals surface area contributed by atoms with E-state index in [0.717, 1.165) is 48.5 Å². The van der Waals surface area contributed by atoms with E-state index in [-0.39, 0.29) is 5.97 Å². The molecule has 1 aromatic carbocycles. The molecule has 0 N–H and O–H groups in total. The maximum absolute atomic E-state index is 12.8. The van der Waals surface area contributed by atoms with Crippen molar-refractivity contribution in [3.8, 4) is 11.8 Å². The van der Waals surface area contributed by atoms with Crippen LogP contribution in [0.25, 0.3) is 16.4 Å². The van der Waals surface area contributed by atoms with Gasteiger partial charge in [-0.25, -0.2) is 4.79 Å². The lowest BCUT2D eigenvalue weighted by Crippen LogP contribution is -2.16. The fraction of sp³-hybridized carbons (Fsp3) is 0.391. The number of esters is 1. The van der Waals surface area contributed by atoms with E-state index >= 15 is 0 Å². The Morgan fingerprint density at radius 3 is 2.79 bits per heavy atom. The topological polar surface area (TPSA) is 63.7 Å². The summed E-state index contributed by atoms with van der Waals surface area (Å²) in [6, 6.07) is 13.7. The highest BCUT2D eigenvalue weighted by Gasteiger charge is 2.33. The average molecular weight is 376 g/mol. The summed E-state index contributed by atoms with van der Waals surface area (Å²) < 4.78 is 13.4. The summed E-state index contributed by atoms with van der Waals surface area (Å²) in [5.41, 5.74) is 2.29. The number of hydrogen-bond donors (Lipinski definition) is 0. The van der Waals surface area contributed by atoms with Crippen LogP contribution in [0.3, 0.4) is 0 Å². The SMILES string of the molecule is CCCCCOC(=O)c1c2ccccc2n2cc(OC(C#N)C3CC3)ccc12. The van der Waals surface area contributed by atoms with Crippen LogP contribution in [0.15, 0.2) is 42.6 Å². The van der Waals surface area contributed by atoms with Crippen LogP contribution in [0.4, 0.5) is 0 Å². The zero-order chi connectivity index (χ0) is 19.5. The number of carbonyl (C=O) groups is 1. The molecule has 0 aliphatic heterocycles. The van der Waals surface area contributed by atoms with Crippen molar-refractivity contribution >= 4 is 22.4 Å². The molecule has 5 heteroatoms. The van der Waals surface area contributed by atoms with E-state index in [4.69, 9.17) is 9.47 Å². The number of carbonyl (C=O) groups excluding carboxylic acids is 1. The lowest BCUT2D eigenvalue weighted by Gasteiger charge is -2.12. The van der Waals surface area contributed by atoms with Crippen LogP contribution in [0.5, 0.6) is 5.75 Å². The smallest absolute Gasteiger partial charge is 0.340 e. The quantitative estimate of drug-likeness (QED) is 0.404. The minimum atomic E-state index is -0.415. The third-order valence-electron chi connectivity index (χ3n) is 5.24. The van der Waals surface area contributed by atoms with Gasteiger partial charge in [0.2, 0.25) is 0 Å². The predicted molar refractivity (Wildman–Crippen MR) is 107 cm³/mol. The lowest BCUT2D eigenvalue weighted by atomic mass is 10.1. The van der Waals surface area contributed by atoms with E-state index in [1.54, 1.807) is 0 Å². The summed E-state index contributed by atoms with van der Waals surface area (Å²) >= 11 is 0. The van der Waals surface area contributed by atoms with Crippen LogP contribution in [0.2, 0.25) is 0 Å². The number of nitriles is 1. The van der Waals surface area contributed by atoms with Crippen molar-refractivity contribution in [3.63, 3.8) is 0 Å². The Labute approximate surface area is 164 Å². The molecule has 1 aliphatic rings. The number of hydrogen-bond acceptors (Lipinski definition) is 4. The van der Waals surface area contributed by atoms with E-state index < -0.39 is 6.10 Å². The molecule has 1 saturated carbocycles. The second-order valence-electron chi connectivity index (χ2n) is 7.36. The summed E-state index contributed by atoms with van der Waals surface area (Å²) in [6.07, 6.45) is 6.54. The monoisotopic (exact) mass is 376 g/mol. The molecule has 0 bridgehead atoms. The van der Waals surface area contributed by atoms with Gasteiger partial charge in [-0.05, 0) is 37.5 Å². The molecule has 144 valence electrons. The van der Waals surface area contributed by atoms with Gasteiger partial charge in [-0.15, -0.1) is 0 Å². The summed E-state index contributed by atoms with van der Waals surface area (Å²) in [7, 11) is 0. The van der Waals surface area contributed by atoms with E-state index in [0.29, 0.717) is 23.8 Å². The second-order valence-corrected chi connectivity index (χ2v) is 7.36. The summed E-state index contributed by atoms with van der Waals surface area (Å²) in [6.45, 7) is 2.56. The van der Waals surface area contributed by atoms with Gasteiger partial charge in [-0.2, -0.15) is 5.26 Å². The minimum Gasteiger partial charge on any atom is -0.474 e. The highest BCUT2D eigenvalue weighted by molar-refractivity contribution is 6.11. The molecular formula is C23H24N2O3. The Morgan fingerprint density at radius 1 is 1.21 bits per heavy atom. The molecule has 1 atom stereocenters. The van der Waals surface area contributed by atoms with Crippen molar-refractivity contribution in [1.29, 1.82) is 5.26 Å². The van der Waals surface area contributed by atoms with Gasteiger partial charge in [0.05, 0.1) is 29.4 Å².